The molecule has 0 bridgehead atoms. The first-order valence-electron chi connectivity index (χ1n) is 11.8. The summed E-state index contributed by atoms with van der Waals surface area (Å²) in [6.45, 7) is 4.30. The molecule has 0 saturated heterocycles. The molecule has 0 spiro atoms. The van der Waals surface area contributed by atoms with Crippen molar-refractivity contribution in [3.8, 4) is 5.75 Å². The van der Waals surface area contributed by atoms with Crippen LogP contribution in [0.25, 0.3) is 0 Å². The highest BCUT2D eigenvalue weighted by molar-refractivity contribution is 7.89. The molecular weight excluding hydrogens is 511 g/mol. The fourth-order valence-electron chi connectivity index (χ4n) is 4.34. The maximum atomic E-state index is 12.2. The third-order valence-electron chi connectivity index (χ3n) is 5.91. The minimum Gasteiger partial charge on any atom is -0.492 e. The number of ether oxygens (including phenoxy) is 2. The highest BCUT2D eigenvalue weighted by Crippen LogP contribution is 2.37. The average molecular weight is 544 g/mol. The Hall–Kier alpha value is -2.00. The van der Waals surface area contributed by atoms with E-state index in [0.29, 0.717) is 35.2 Å². The molecule has 0 heterocycles. The highest BCUT2D eigenvalue weighted by Gasteiger charge is 2.32. The number of aryl methyl sites for hydroxylation is 1. The van der Waals surface area contributed by atoms with Gasteiger partial charge in [-0.1, -0.05) is 42.3 Å². The molecule has 3 rings (SSSR count). The van der Waals surface area contributed by atoms with Gasteiger partial charge < -0.3 is 14.8 Å². The van der Waals surface area contributed by atoms with Crippen LogP contribution in [0.2, 0.25) is 10.0 Å². The van der Waals surface area contributed by atoms with Gasteiger partial charge in [0.1, 0.15) is 12.4 Å². The van der Waals surface area contributed by atoms with Gasteiger partial charge >= 0.3 is 6.09 Å². The molecule has 2 N–H and O–H groups in total. The lowest BCUT2D eigenvalue weighted by Crippen LogP contribution is -2.43. The Morgan fingerprint density at radius 3 is 2.63 bits per heavy atom. The lowest BCUT2D eigenvalue weighted by molar-refractivity contribution is 0.144. The van der Waals surface area contributed by atoms with Gasteiger partial charge in [-0.15, -0.1) is 0 Å². The number of halogens is 2. The number of carbonyl (C=O) groups is 1. The van der Waals surface area contributed by atoms with Crippen molar-refractivity contribution in [2.45, 2.75) is 51.5 Å². The van der Waals surface area contributed by atoms with Crippen LogP contribution in [0.15, 0.2) is 36.4 Å². The zero-order chi connectivity index (χ0) is 25.4. The van der Waals surface area contributed by atoms with Crippen molar-refractivity contribution in [2.24, 2.45) is 0 Å². The van der Waals surface area contributed by atoms with Crippen molar-refractivity contribution in [1.29, 1.82) is 0 Å². The monoisotopic (exact) mass is 542 g/mol. The van der Waals surface area contributed by atoms with E-state index in [-0.39, 0.29) is 30.9 Å². The van der Waals surface area contributed by atoms with Crippen LogP contribution < -0.4 is 14.8 Å². The fourth-order valence-corrected chi connectivity index (χ4v) is 5.74. The Bertz CT molecular complexity index is 1130. The molecule has 10 heteroatoms. The topological polar surface area (TPSA) is 93.7 Å². The van der Waals surface area contributed by atoms with E-state index in [9.17, 15) is 13.2 Å². The summed E-state index contributed by atoms with van der Waals surface area (Å²) in [5.41, 5.74) is 3.27. The van der Waals surface area contributed by atoms with Crippen molar-refractivity contribution < 1.29 is 22.7 Å². The van der Waals surface area contributed by atoms with E-state index < -0.39 is 16.1 Å². The molecule has 0 aromatic heterocycles. The van der Waals surface area contributed by atoms with Gasteiger partial charge in [-0.3, -0.25) is 0 Å². The van der Waals surface area contributed by atoms with Crippen molar-refractivity contribution in [3.63, 3.8) is 0 Å². The summed E-state index contributed by atoms with van der Waals surface area (Å²) in [7, 11) is -3.28. The third kappa shape index (κ3) is 8.00. The quantitative estimate of drug-likeness (QED) is 0.385. The summed E-state index contributed by atoms with van der Waals surface area (Å²) in [4.78, 5) is 12.2. The van der Waals surface area contributed by atoms with Crippen molar-refractivity contribution in [1.82, 2.24) is 10.0 Å². The third-order valence-corrected chi connectivity index (χ3v) is 8.24. The zero-order valence-corrected chi connectivity index (χ0v) is 22.3. The smallest absolute Gasteiger partial charge is 0.407 e. The molecule has 0 saturated carbocycles. The number of amides is 1. The number of hydrogen-bond acceptors (Lipinski definition) is 5. The van der Waals surface area contributed by atoms with Crippen molar-refractivity contribution in [2.75, 3.05) is 25.5 Å². The van der Waals surface area contributed by atoms with Crippen LogP contribution in [0.3, 0.4) is 0 Å². The van der Waals surface area contributed by atoms with Gasteiger partial charge in [-0.05, 0) is 73.6 Å². The minimum atomic E-state index is -3.28. The number of alkyl carbamates (subject to hydrolysis) is 1. The van der Waals surface area contributed by atoms with Gasteiger partial charge in [-0.2, -0.15) is 0 Å². The molecule has 0 radical (unpaired) electrons. The van der Waals surface area contributed by atoms with Crippen LogP contribution in [-0.2, 0) is 27.6 Å². The van der Waals surface area contributed by atoms with E-state index in [0.717, 1.165) is 24.0 Å². The second-order valence-electron chi connectivity index (χ2n) is 8.49. The van der Waals surface area contributed by atoms with Gasteiger partial charge in [0.15, 0.2) is 0 Å². The summed E-state index contributed by atoms with van der Waals surface area (Å²) in [6, 6.07) is 11.3. The standard InChI is InChI=1S/C25H32Cl2N2O5S/c1-3-13-35(31,32)28-11-12-34-19-8-6-18-7-10-24(29-25(30)33-4-2)21(20(18)16-19)14-17-5-9-22(26)23(27)15-17/h5-6,8-9,15-16,21,24,28H,3-4,7,10-14H2,1-2H3,(H,29,30). The van der Waals surface area contributed by atoms with E-state index >= 15 is 0 Å². The van der Waals surface area contributed by atoms with E-state index in [4.69, 9.17) is 32.7 Å². The van der Waals surface area contributed by atoms with E-state index in [1.165, 1.54) is 5.56 Å². The second-order valence-corrected chi connectivity index (χ2v) is 11.2. The molecule has 2 aromatic carbocycles. The van der Waals surface area contributed by atoms with E-state index in [1.54, 1.807) is 13.0 Å². The minimum absolute atomic E-state index is 0.0352. The largest absolute Gasteiger partial charge is 0.492 e. The summed E-state index contributed by atoms with van der Waals surface area (Å²) >= 11 is 12.4. The molecule has 1 amide bonds. The molecule has 7 nitrogen and oxygen atoms in total. The van der Waals surface area contributed by atoms with Crippen LogP contribution in [0.5, 0.6) is 5.75 Å². The maximum Gasteiger partial charge on any atom is 0.407 e. The van der Waals surface area contributed by atoms with Crippen LogP contribution in [-0.4, -0.2) is 46.1 Å². The lowest BCUT2D eigenvalue weighted by atomic mass is 9.76. The number of sulfonamides is 1. The Morgan fingerprint density at radius 1 is 1.11 bits per heavy atom. The van der Waals surface area contributed by atoms with Crippen molar-refractivity contribution >= 4 is 39.3 Å². The molecule has 0 aliphatic heterocycles. The Kier molecular flexibility index (Phi) is 10.1. The first-order chi connectivity index (χ1) is 16.7. The Morgan fingerprint density at radius 2 is 1.91 bits per heavy atom. The second kappa shape index (κ2) is 12.8. The predicted octanol–water partition coefficient (Wildman–Crippen LogP) is 5.09. The van der Waals surface area contributed by atoms with Crippen LogP contribution in [0.1, 0.15) is 49.3 Å². The number of fused-ring (bicyclic) bond motifs is 1. The van der Waals surface area contributed by atoms with Crippen LogP contribution in [0, 0.1) is 0 Å². The van der Waals surface area contributed by atoms with Crippen LogP contribution >= 0.6 is 23.2 Å². The fraction of sp³-hybridized carbons (Fsp3) is 0.480. The normalized spacial score (nSPS) is 17.5. The molecule has 2 atom stereocenters. The number of rotatable bonds is 11. The summed E-state index contributed by atoms with van der Waals surface area (Å²) in [5.74, 6) is 0.707. The maximum absolute atomic E-state index is 12.2. The Labute approximate surface area is 217 Å². The highest BCUT2D eigenvalue weighted by atomic mass is 35.5. The number of hydrogen-bond donors (Lipinski definition) is 2. The summed E-state index contributed by atoms with van der Waals surface area (Å²) in [5, 5.41) is 4.00. The Balaban J connectivity index is 1.79. The summed E-state index contributed by atoms with van der Waals surface area (Å²) in [6.07, 6.45) is 2.34. The number of nitrogens with one attached hydrogen (secondary N) is 2. The van der Waals surface area contributed by atoms with Gasteiger partial charge in [0, 0.05) is 18.5 Å². The molecule has 192 valence electrons. The van der Waals surface area contributed by atoms with Gasteiger partial charge in [0.2, 0.25) is 10.0 Å². The van der Waals surface area contributed by atoms with Gasteiger partial charge in [0.05, 0.1) is 22.4 Å². The molecule has 2 aromatic rings. The molecule has 2 unspecified atom stereocenters. The number of benzene rings is 2. The molecule has 1 aliphatic rings. The first-order valence-corrected chi connectivity index (χ1v) is 14.2. The average Bonchev–Trinajstić information content (AvgIpc) is 2.81. The first kappa shape index (κ1) is 27.6. The lowest BCUT2D eigenvalue weighted by Gasteiger charge is -2.34. The molecule has 0 fully saturated rings. The van der Waals surface area contributed by atoms with Gasteiger partial charge in [-0.25, -0.2) is 17.9 Å². The number of carbonyl (C=O) groups excluding carboxylic acids is 1. The SMILES string of the molecule is CCCS(=O)(=O)NCCOc1ccc2c(c1)C(Cc1ccc(Cl)c(Cl)c1)C(NC(=O)OCC)CC2. The van der Waals surface area contributed by atoms with Crippen molar-refractivity contribution in [3.05, 3.63) is 63.1 Å². The summed E-state index contributed by atoms with van der Waals surface area (Å²) < 4.78 is 37.2. The van der Waals surface area contributed by atoms with Crippen LogP contribution in [0.4, 0.5) is 4.79 Å². The predicted molar refractivity (Wildman–Crippen MR) is 139 cm³/mol. The molecular formula is C25H32Cl2N2O5S. The van der Waals surface area contributed by atoms with Gasteiger partial charge in [0.25, 0.3) is 0 Å². The van der Waals surface area contributed by atoms with E-state index in [2.05, 4.69) is 10.0 Å². The molecule has 35 heavy (non-hydrogen) atoms. The van der Waals surface area contributed by atoms with E-state index in [1.807, 2.05) is 37.3 Å². The molecule has 1 aliphatic carbocycles. The zero-order valence-electron chi connectivity index (χ0n) is 20.0.